The van der Waals surface area contributed by atoms with E-state index in [-0.39, 0.29) is 24.0 Å². The van der Waals surface area contributed by atoms with Crippen molar-refractivity contribution in [2.45, 2.75) is 57.4 Å². The first-order valence-corrected chi connectivity index (χ1v) is 8.33. The van der Waals surface area contributed by atoms with Crippen molar-refractivity contribution in [1.29, 1.82) is 0 Å². The molecule has 0 aromatic heterocycles. The number of rotatable bonds is 1. The zero-order chi connectivity index (χ0) is 16.8. The van der Waals surface area contributed by atoms with Gasteiger partial charge in [-0.2, -0.15) is 0 Å². The van der Waals surface area contributed by atoms with Crippen LogP contribution in [-0.2, 0) is 14.3 Å². The summed E-state index contributed by atoms with van der Waals surface area (Å²) in [5, 5.41) is 0. The highest BCUT2D eigenvalue weighted by atomic mass is 16.6. The Morgan fingerprint density at radius 1 is 1.48 bits per heavy atom. The van der Waals surface area contributed by atoms with Gasteiger partial charge in [0.25, 0.3) is 0 Å². The van der Waals surface area contributed by atoms with Gasteiger partial charge in [0.2, 0.25) is 5.91 Å². The Bertz CT molecular complexity index is 527. The van der Waals surface area contributed by atoms with Crippen molar-refractivity contribution < 1.29 is 19.1 Å². The Hall–Kier alpha value is -1.56. The van der Waals surface area contributed by atoms with E-state index >= 15 is 0 Å². The van der Waals surface area contributed by atoms with Crippen molar-refractivity contribution in [3.8, 4) is 0 Å². The van der Waals surface area contributed by atoms with Gasteiger partial charge in [-0.3, -0.25) is 4.79 Å². The van der Waals surface area contributed by atoms with Crippen LogP contribution in [0, 0.1) is 5.92 Å². The average Bonchev–Trinajstić information content (AvgIpc) is 2.85. The number of amides is 2. The fraction of sp³-hybridized carbons (Fsp3) is 0.765. The molecule has 0 aliphatic carbocycles. The number of ether oxygens (including phenoxy) is 2. The third kappa shape index (κ3) is 2.73. The molecule has 0 N–H and O–H groups in total. The molecule has 23 heavy (non-hydrogen) atoms. The third-order valence-electron chi connectivity index (χ3n) is 4.96. The van der Waals surface area contributed by atoms with Crippen molar-refractivity contribution in [2.75, 3.05) is 19.7 Å². The summed E-state index contributed by atoms with van der Waals surface area (Å²) >= 11 is 0. The highest BCUT2D eigenvalue weighted by molar-refractivity contribution is 5.79. The Labute approximate surface area is 137 Å². The van der Waals surface area contributed by atoms with Crippen LogP contribution in [0.2, 0.25) is 0 Å². The monoisotopic (exact) mass is 322 g/mol. The number of carbonyl (C=O) groups is 2. The van der Waals surface area contributed by atoms with E-state index in [9.17, 15) is 9.59 Å². The summed E-state index contributed by atoms with van der Waals surface area (Å²) in [5.74, 6) is 0.265. The summed E-state index contributed by atoms with van der Waals surface area (Å²) < 4.78 is 11.6. The van der Waals surface area contributed by atoms with Gasteiger partial charge in [0.05, 0.1) is 12.6 Å². The SMILES string of the molecule is C=C[C@H]1CO[C@]23CCN(C(=O)OC(C)(C)C)C[C@H]2CCC(=O)N13. The lowest BCUT2D eigenvalue weighted by molar-refractivity contribution is -0.189. The molecule has 0 radical (unpaired) electrons. The number of nitrogens with zero attached hydrogens (tertiary/aromatic N) is 2. The Balaban J connectivity index is 1.77. The van der Waals surface area contributed by atoms with Crippen molar-refractivity contribution in [2.24, 2.45) is 5.92 Å². The maximum absolute atomic E-state index is 12.4. The smallest absolute Gasteiger partial charge is 0.410 e. The Morgan fingerprint density at radius 3 is 2.87 bits per heavy atom. The first-order chi connectivity index (χ1) is 10.8. The molecule has 3 aliphatic rings. The van der Waals surface area contributed by atoms with Gasteiger partial charge in [0.1, 0.15) is 11.3 Å². The van der Waals surface area contributed by atoms with E-state index in [4.69, 9.17) is 9.47 Å². The number of carbonyl (C=O) groups excluding carboxylic acids is 2. The fourth-order valence-electron chi connectivity index (χ4n) is 3.96. The normalized spacial score (nSPS) is 34.0. The number of likely N-dealkylation sites (tertiary alicyclic amines) is 1. The van der Waals surface area contributed by atoms with E-state index in [0.29, 0.717) is 32.5 Å². The molecule has 128 valence electrons. The van der Waals surface area contributed by atoms with E-state index in [0.717, 1.165) is 6.42 Å². The predicted molar refractivity (Wildman–Crippen MR) is 84.7 cm³/mol. The lowest BCUT2D eigenvalue weighted by atomic mass is 9.80. The van der Waals surface area contributed by atoms with E-state index < -0.39 is 11.3 Å². The fourth-order valence-corrected chi connectivity index (χ4v) is 3.96. The second-order valence-corrected chi connectivity index (χ2v) is 7.63. The second-order valence-electron chi connectivity index (χ2n) is 7.63. The molecule has 2 amide bonds. The molecular formula is C17H26N2O4. The number of piperidine rings is 2. The lowest BCUT2D eigenvalue weighted by Crippen LogP contribution is -2.65. The highest BCUT2D eigenvalue weighted by Gasteiger charge is 2.58. The minimum atomic E-state index is -0.563. The van der Waals surface area contributed by atoms with Gasteiger partial charge >= 0.3 is 6.09 Å². The third-order valence-corrected chi connectivity index (χ3v) is 4.96. The quantitative estimate of drug-likeness (QED) is 0.694. The van der Waals surface area contributed by atoms with E-state index in [2.05, 4.69) is 6.58 Å². The van der Waals surface area contributed by atoms with Crippen molar-refractivity contribution in [1.82, 2.24) is 9.80 Å². The highest BCUT2D eigenvalue weighted by Crippen LogP contribution is 2.46. The summed E-state index contributed by atoms with van der Waals surface area (Å²) in [6.45, 7) is 11.0. The molecule has 0 saturated carbocycles. The standard InChI is InChI=1S/C17H26N2O4/c1-5-13-11-22-17-8-9-18(15(21)23-16(2,3)4)10-12(17)6-7-14(20)19(13)17/h5,12-13H,1,6-11H2,2-4H3/t12-,13+,17-/m1/s1. The van der Waals surface area contributed by atoms with Crippen LogP contribution in [0.1, 0.15) is 40.0 Å². The largest absolute Gasteiger partial charge is 0.444 e. The molecule has 3 atom stereocenters. The van der Waals surface area contributed by atoms with Crippen LogP contribution >= 0.6 is 0 Å². The lowest BCUT2D eigenvalue weighted by Gasteiger charge is -2.52. The van der Waals surface area contributed by atoms with E-state index in [1.807, 2.05) is 25.7 Å². The summed E-state index contributed by atoms with van der Waals surface area (Å²) in [7, 11) is 0. The molecule has 0 unspecified atom stereocenters. The number of hydrogen-bond donors (Lipinski definition) is 0. The first-order valence-electron chi connectivity index (χ1n) is 8.33. The zero-order valence-electron chi connectivity index (χ0n) is 14.2. The van der Waals surface area contributed by atoms with Gasteiger partial charge in [-0.15, -0.1) is 6.58 Å². The van der Waals surface area contributed by atoms with Gasteiger partial charge in [0, 0.05) is 31.8 Å². The Morgan fingerprint density at radius 2 is 2.22 bits per heavy atom. The van der Waals surface area contributed by atoms with Crippen molar-refractivity contribution in [3.63, 3.8) is 0 Å². The van der Waals surface area contributed by atoms with Gasteiger partial charge in [-0.1, -0.05) is 6.08 Å². The van der Waals surface area contributed by atoms with Crippen LogP contribution in [0.3, 0.4) is 0 Å². The minimum absolute atomic E-state index is 0.0571. The maximum atomic E-state index is 12.4. The van der Waals surface area contributed by atoms with E-state index in [1.165, 1.54) is 0 Å². The number of hydrogen-bond acceptors (Lipinski definition) is 4. The molecule has 6 nitrogen and oxygen atoms in total. The molecule has 3 rings (SSSR count). The molecule has 1 spiro atoms. The van der Waals surface area contributed by atoms with Crippen LogP contribution in [0.5, 0.6) is 0 Å². The molecule has 0 aromatic carbocycles. The zero-order valence-corrected chi connectivity index (χ0v) is 14.2. The molecular weight excluding hydrogens is 296 g/mol. The van der Waals surface area contributed by atoms with Gasteiger partial charge in [0.15, 0.2) is 0 Å². The first kappa shape index (κ1) is 16.3. The second kappa shape index (κ2) is 5.51. The topological polar surface area (TPSA) is 59.1 Å². The van der Waals surface area contributed by atoms with Crippen LogP contribution < -0.4 is 0 Å². The Kier molecular flexibility index (Phi) is 3.91. The summed E-state index contributed by atoms with van der Waals surface area (Å²) in [5.41, 5.74) is -1.06. The van der Waals surface area contributed by atoms with Crippen LogP contribution in [0.4, 0.5) is 4.79 Å². The molecule has 0 aromatic rings. The summed E-state index contributed by atoms with van der Waals surface area (Å²) in [6, 6.07) is -0.0571. The van der Waals surface area contributed by atoms with Crippen molar-refractivity contribution in [3.05, 3.63) is 12.7 Å². The van der Waals surface area contributed by atoms with Gasteiger partial charge < -0.3 is 19.3 Å². The van der Waals surface area contributed by atoms with Gasteiger partial charge in [-0.25, -0.2) is 4.79 Å². The molecule has 0 bridgehead atoms. The molecule has 3 fully saturated rings. The van der Waals surface area contributed by atoms with Gasteiger partial charge in [-0.05, 0) is 27.2 Å². The molecule has 3 aliphatic heterocycles. The predicted octanol–water partition coefficient (Wildman–Crippen LogP) is 2.15. The van der Waals surface area contributed by atoms with Crippen LogP contribution in [-0.4, -0.2) is 58.9 Å². The maximum Gasteiger partial charge on any atom is 0.410 e. The summed E-state index contributed by atoms with van der Waals surface area (Å²) in [4.78, 5) is 28.3. The van der Waals surface area contributed by atoms with E-state index in [1.54, 1.807) is 11.0 Å². The minimum Gasteiger partial charge on any atom is -0.444 e. The molecule has 6 heteroatoms. The van der Waals surface area contributed by atoms with Crippen molar-refractivity contribution >= 4 is 12.0 Å². The average molecular weight is 322 g/mol. The van der Waals surface area contributed by atoms with Crippen LogP contribution in [0.15, 0.2) is 12.7 Å². The molecule has 3 saturated heterocycles. The molecule has 3 heterocycles. The van der Waals surface area contributed by atoms with Crippen LogP contribution in [0.25, 0.3) is 0 Å². The summed E-state index contributed by atoms with van der Waals surface area (Å²) in [6.07, 6.45) is 3.39.